The van der Waals surface area contributed by atoms with Crippen LogP contribution in [0.1, 0.15) is 46.5 Å². The maximum Gasteiger partial charge on any atom is 0.168 e. The van der Waals surface area contributed by atoms with E-state index in [1.807, 2.05) is 13.8 Å². The lowest BCUT2D eigenvalue weighted by Crippen LogP contribution is -2.18. The quantitative estimate of drug-likeness (QED) is 0.745. The van der Waals surface area contributed by atoms with Crippen molar-refractivity contribution < 1.29 is 8.78 Å². The summed E-state index contributed by atoms with van der Waals surface area (Å²) < 4.78 is 27.1. The first-order chi connectivity index (χ1) is 9.08. The molecule has 0 saturated carbocycles. The van der Waals surface area contributed by atoms with E-state index in [1.165, 1.54) is 0 Å². The number of aromatic nitrogens is 1. The minimum Gasteiger partial charge on any atom is -0.368 e. The van der Waals surface area contributed by atoms with E-state index in [4.69, 9.17) is 0 Å². The van der Waals surface area contributed by atoms with E-state index in [-0.39, 0.29) is 17.7 Å². The molecule has 1 atom stereocenters. The zero-order valence-corrected chi connectivity index (χ0v) is 11.9. The molecule has 0 amide bonds. The monoisotopic (exact) mass is 271 g/mol. The molecule has 1 aromatic rings. The molecule has 2 N–H and O–H groups in total. The van der Waals surface area contributed by atoms with Crippen LogP contribution in [0.25, 0.3) is 0 Å². The Labute approximate surface area is 113 Å². The maximum absolute atomic E-state index is 13.6. The van der Waals surface area contributed by atoms with E-state index in [1.54, 1.807) is 0 Å². The number of unbranched alkanes of at least 4 members (excludes halogenated alkanes) is 1. The van der Waals surface area contributed by atoms with Crippen molar-refractivity contribution in [2.45, 2.75) is 52.5 Å². The van der Waals surface area contributed by atoms with E-state index < -0.39 is 11.6 Å². The lowest BCUT2D eigenvalue weighted by molar-refractivity contribution is 0.571. The number of nitrogens with zero attached hydrogens (tertiary/aromatic N) is 1. The third-order valence-corrected chi connectivity index (χ3v) is 2.85. The van der Waals surface area contributed by atoms with E-state index >= 15 is 0 Å². The molecule has 108 valence electrons. The molecule has 1 rings (SSSR count). The minimum atomic E-state index is -0.655. The SMILES string of the molecule is CCCCC(C)Nc1nc(NCCC)c(F)cc1F. The summed E-state index contributed by atoms with van der Waals surface area (Å²) in [5.74, 6) is -1.09. The lowest BCUT2D eigenvalue weighted by Gasteiger charge is -2.16. The Bertz CT molecular complexity index is 397. The number of hydrogen-bond acceptors (Lipinski definition) is 3. The molecular weight excluding hydrogens is 248 g/mol. The van der Waals surface area contributed by atoms with Crippen molar-refractivity contribution in [3.63, 3.8) is 0 Å². The molecule has 19 heavy (non-hydrogen) atoms. The van der Waals surface area contributed by atoms with Crippen LogP contribution in [-0.2, 0) is 0 Å². The van der Waals surface area contributed by atoms with Gasteiger partial charge in [0.15, 0.2) is 23.3 Å². The summed E-state index contributed by atoms with van der Waals surface area (Å²) in [6.45, 7) is 6.66. The molecule has 1 unspecified atom stereocenters. The molecule has 1 heterocycles. The highest BCUT2D eigenvalue weighted by atomic mass is 19.1. The average Bonchev–Trinajstić information content (AvgIpc) is 2.38. The molecule has 1 aromatic heterocycles. The van der Waals surface area contributed by atoms with Crippen molar-refractivity contribution >= 4 is 11.6 Å². The largest absolute Gasteiger partial charge is 0.368 e. The van der Waals surface area contributed by atoms with E-state index in [9.17, 15) is 8.78 Å². The van der Waals surface area contributed by atoms with Gasteiger partial charge in [0.1, 0.15) is 0 Å². The van der Waals surface area contributed by atoms with Gasteiger partial charge in [-0.15, -0.1) is 0 Å². The van der Waals surface area contributed by atoms with Crippen LogP contribution in [0.5, 0.6) is 0 Å². The molecule has 5 heteroatoms. The summed E-state index contributed by atoms with van der Waals surface area (Å²) in [4.78, 5) is 3.99. The van der Waals surface area contributed by atoms with Gasteiger partial charge in [0, 0.05) is 18.7 Å². The third-order valence-electron chi connectivity index (χ3n) is 2.85. The van der Waals surface area contributed by atoms with E-state index in [2.05, 4.69) is 22.5 Å². The molecular formula is C14H23F2N3. The molecule has 0 fully saturated rings. The van der Waals surface area contributed by atoms with Gasteiger partial charge in [-0.05, 0) is 19.8 Å². The lowest BCUT2D eigenvalue weighted by atomic mass is 10.1. The third kappa shape index (κ3) is 5.01. The molecule has 0 aliphatic carbocycles. The molecule has 0 aliphatic rings. The van der Waals surface area contributed by atoms with Gasteiger partial charge in [-0.2, -0.15) is 0 Å². The fraction of sp³-hybridized carbons (Fsp3) is 0.643. The second-order valence-electron chi connectivity index (χ2n) is 4.76. The van der Waals surface area contributed by atoms with Gasteiger partial charge in [0.05, 0.1) is 0 Å². The Morgan fingerprint density at radius 1 is 1.16 bits per heavy atom. The van der Waals surface area contributed by atoms with Crippen LogP contribution < -0.4 is 10.6 Å². The van der Waals surface area contributed by atoms with E-state index in [0.29, 0.717) is 6.54 Å². The van der Waals surface area contributed by atoms with Gasteiger partial charge in [0.25, 0.3) is 0 Å². The molecule has 0 spiro atoms. The summed E-state index contributed by atoms with van der Waals surface area (Å²) in [6, 6.07) is 0.992. The first-order valence-corrected chi connectivity index (χ1v) is 6.94. The van der Waals surface area contributed by atoms with Gasteiger partial charge >= 0.3 is 0 Å². The molecule has 0 radical (unpaired) electrons. The first kappa shape index (κ1) is 15.7. The zero-order valence-electron chi connectivity index (χ0n) is 11.9. The Kier molecular flexibility index (Phi) is 6.53. The van der Waals surface area contributed by atoms with Crippen LogP contribution in [0.2, 0.25) is 0 Å². The number of anilines is 2. The maximum atomic E-state index is 13.6. The van der Waals surface area contributed by atoms with Crippen molar-refractivity contribution in [3.8, 4) is 0 Å². The van der Waals surface area contributed by atoms with Gasteiger partial charge in [-0.1, -0.05) is 26.7 Å². The topological polar surface area (TPSA) is 37.0 Å². The highest BCUT2D eigenvalue weighted by molar-refractivity contribution is 5.47. The highest BCUT2D eigenvalue weighted by Crippen LogP contribution is 2.20. The second kappa shape index (κ2) is 7.92. The van der Waals surface area contributed by atoms with Gasteiger partial charge in [-0.3, -0.25) is 0 Å². The number of nitrogens with one attached hydrogen (secondary N) is 2. The standard InChI is InChI=1S/C14H23F2N3/c1-4-6-7-10(3)18-14-12(16)9-11(15)13(19-14)17-8-5-2/h9-10H,4-8H2,1-3H3,(H2,17,18,19). The predicted octanol–water partition coefficient (Wildman–Crippen LogP) is 4.17. The molecule has 0 aromatic carbocycles. The normalized spacial score (nSPS) is 12.3. The fourth-order valence-corrected chi connectivity index (χ4v) is 1.75. The van der Waals surface area contributed by atoms with Crippen LogP contribution in [0.15, 0.2) is 6.07 Å². The number of hydrogen-bond donors (Lipinski definition) is 2. The van der Waals surface area contributed by atoms with Crippen molar-refractivity contribution in [2.24, 2.45) is 0 Å². The smallest absolute Gasteiger partial charge is 0.168 e. The summed E-state index contributed by atoms with van der Waals surface area (Å²) in [6.07, 6.45) is 3.95. The molecule has 0 aliphatic heterocycles. The minimum absolute atomic E-state index is 0.105. The van der Waals surface area contributed by atoms with Crippen molar-refractivity contribution in [1.29, 1.82) is 0 Å². The van der Waals surface area contributed by atoms with Crippen LogP contribution >= 0.6 is 0 Å². The summed E-state index contributed by atoms with van der Waals surface area (Å²) in [5.41, 5.74) is 0. The Hall–Kier alpha value is -1.39. The summed E-state index contributed by atoms with van der Waals surface area (Å²) in [7, 11) is 0. The highest BCUT2D eigenvalue weighted by Gasteiger charge is 2.13. The zero-order chi connectivity index (χ0) is 14.3. The molecule has 0 bridgehead atoms. The van der Waals surface area contributed by atoms with Crippen LogP contribution in [0.4, 0.5) is 20.4 Å². The molecule has 3 nitrogen and oxygen atoms in total. The van der Waals surface area contributed by atoms with Crippen molar-refractivity contribution in [3.05, 3.63) is 17.7 Å². The first-order valence-electron chi connectivity index (χ1n) is 6.94. The fourth-order valence-electron chi connectivity index (χ4n) is 1.75. The second-order valence-corrected chi connectivity index (χ2v) is 4.76. The van der Waals surface area contributed by atoms with Crippen molar-refractivity contribution in [2.75, 3.05) is 17.2 Å². The summed E-state index contributed by atoms with van der Waals surface area (Å²) >= 11 is 0. The van der Waals surface area contributed by atoms with Gasteiger partial charge < -0.3 is 10.6 Å². The number of pyridine rings is 1. The summed E-state index contributed by atoms with van der Waals surface area (Å²) in [5, 5.41) is 5.85. The van der Waals surface area contributed by atoms with Crippen LogP contribution in [-0.4, -0.2) is 17.6 Å². The van der Waals surface area contributed by atoms with Crippen LogP contribution in [0, 0.1) is 11.6 Å². The number of rotatable bonds is 8. The Balaban J connectivity index is 2.76. The Morgan fingerprint density at radius 2 is 1.84 bits per heavy atom. The predicted molar refractivity (Wildman–Crippen MR) is 75.5 cm³/mol. The molecule has 0 saturated heterocycles. The van der Waals surface area contributed by atoms with Crippen LogP contribution in [0.3, 0.4) is 0 Å². The van der Waals surface area contributed by atoms with Gasteiger partial charge in [0.2, 0.25) is 0 Å². The van der Waals surface area contributed by atoms with E-state index in [0.717, 1.165) is 31.7 Å². The Morgan fingerprint density at radius 3 is 2.47 bits per heavy atom. The van der Waals surface area contributed by atoms with Gasteiger partial charge in [-0.25, -0.2) is 13.8 Å². The average molecular weight is 271 g/mol. The van der Waals surface area contributed by atoms with Crippen molar-refractivity contribution in [1.82, 2.24) is 4.98 Å². The number of halogens is 2.